The van der Waals surface area contributed by atoms with Crippen LogP contribution in [0.25, 0.3) is 0 Å². The minimum Gasteiger partial charge on any atom is -0.338 e. The second-order valence-corrected chi connectivity index (χ2v) is 9.15. The van der Waals surface area contributed by atoms with E-state index in [4.69, 9.17) is 0 Å². The Bertz CT molecular complexity index is 1290. The summed E-state index contributed by atoms with van der Waals surface area (Å²) < 4.78 is 0. The van der Waals surface area contributed by atoms with E-state index >= 15 is 0 Å². The van der Waals surface area contributed by atoms with Crippen LogP contribution < -0.4 is 10.2 Å². The number of nitrogens with zero attached hydrogens (tertiary/aromatic N) is 5. The van der Waals surface area contributed by atoms with Crippen molar-refractivity contribution in [1.82, 2.24) is 25.1 Å². The quantitative estimate of drug-likeness (QED) is 0.558. The first-order valence-corrected chi connectivity index (χ1v) is 12.0. The second kappa shape index (κ2) is 9.41. The Balaban J connectivity index is 1.37. The summed E-state index contributed by atoms with van der Waals surface area (Å²) in [4.78, 5) is 53.5. The molecule has 0 radical (unpaired) electrons. The molecule has 0 aliphatic carbocycles. The Morgan fingerprint density at radius 3 is 2.25 bits per heavy atom. The molecule has 2 aliphatic heterocycles. The van der Waals surface area contributed by atoms with Crippen molar-refractivity contribution in [2.24, 2.45) is 0 Å². The standard InChI is InChI=1S/C27H28N6O3/c1-19-9-10-22(17-20(19)2)27(21-7-4-3-5-8-21)24(35)33(26(36)30-27)18-23(34)31-13-15-32(16-14-31)25-28-11-6-12-29-25/h3-12,17H,13-16,18H2,1-2H3,(H,30,36)/t27-/m0/s1. The third-order valence-corrected chi connectivity index (χ3v) is 7.01. The molecule has 0 spiro atoms. The second-order valence-electron chi connectivity index (χ2n) is 9.15. The maximum Gasteiger partial charge on any atom is 0.326 e. The van der Waals surface area contributed by atoms with E-state index in [1.165, 1.54) is 0 Å². The number of aryl methyl sites for hydroxylation is 2. The van der Waals surface area contributed by atoms with Crippen LogP contribution >= 0.6 is 0 Å². The summed E-state index contributed by atoms with van der Waals surface area (Å²) in [6.07, 6.45) is 3.37. The van der Waals surface area contributed by atoms with Gasteiger partial charge < -0.3 is 15.1 Å². The van der Waals surface area contributed by atoms with Gasteiger partial charge in [0.15, 0.2) is 5.54 Å². The Hall–Kier alpha value is -4.27. The third-order valence-electron chi connectivity index (χ3n) is 7.01. The smallest absolute Gasteiger partial charge is 0.326 e. The summed E-state index contributed by atoms with van der Waals surface area (Å²) in [5.74, 6) is -0.0950. The summed E-state index contributed by atoms with van der Waals surface area (Å²) in [5, 5.41) is 2.93. The Kier molecular flexibility index (Phi) is 6.13. The average Bonchev–Trinajstić information content (AvgIpc) is 3.17. The highest BCUT2D eigenvalue weighted by Crippen LogP contribution is 2.36. The number of carbonyl (C=O) groups is 3. The van der Waals surface area contributed by atoms with Crippen molar-refractivity contribution in [3.05, 3.63) is 89.2 Å². The molecular formula is C27H28N6O3. The van der Waals surface area contributed by atoms with Crippen molar-refractivity contribution < 1.29 is 14.4 Å². The van der Waals surface area contributed by atoms with E-state index in [2.05, 4.69) is 15.3 Å². The van der Waals surface area contributed by atoms with Gasteiger partial charge in [-0.25, -0.2) is 14.8 Å². The molecule has 184 valence electrons. The van der Waals surface area contributed by atoms with Gasteiger partial charge in [0, 0.05) is 38.6 Å². The fourth-order valence-electron chi connectivity index (χ4n) is 4.79. The van der Waals surface area contributed by atoms with Crippen LogP contribution in [0, 0.1) is 13.8 Å². The zero-order chi connectivity index (χ0) is 25.3. The number of urea groups is 1. The molecular weight excluding hydrogens is 456 g/mol. The number of benzene rings is 2. The SMILES string of the molecule is Cc1ccc([C@]2(c3ccccc3)NC(=O)N(CC(=O)N3CCN(c4ncccn4)CC3)C2=O)cc1C. The molecule has 9 nitrogen and oxygen atoms in total. The highest BCUT2D eigenvalue weighted by Gasteiger charge is 2.54. The molecule has 0 bridgehead atoms. The lowest BCUT2D eigenvalue weighted by atomic mass is 9.81. The summed E-state index contributed by atoms with van der Waals surface area (Å²) in [7, 11) is 0. The zero-order valence-corrected chi connectivity index (χ0v) is 20.3. The summed E-state index contributed by atoms with van der Waals surface area (Å²) in [6, 6.07) is 16.1. The molecule has 2 aromatic carbocycles. The molecule has 36 heavy (non-hydrogen) atoms. The van der Waals surface area contributed by atoms with E-state index in [0.717, 1.165) is 16.0 Å². The van der Waals surface area contributed by atoms with E-state index < -0.39 is 17.5 Å². The van der Waals surface area contributed by atoms with Crippen LogP contribution in [0.15, 0.2) is 67.0 Å². The van der Waals surface area contributed by atoms with E-state index in [1.54, 1.807) is 23.4 Å². The van der Waals surface area contributed by atoms with Crippen LogP contribution in [0.5, 0.6) is 0 Å². The molecule has 3 aromatic rings. The first-order chi connectivity index (χ1) is 17.4. The number of carbonyl (C=O) groups excluding carboxylic acids is 3. The lowest BCUT2D eigenvalue weighted by Crippen LogP contribution is -2.52. The van der Waals surface area contributed by atoms with Gasteiger partial charge in [-0.1, -0.05) is 48.5 Å². The topological polar surface area (TPSA) is 98.7 Å². The Labute approximate surface area is 209 Å². The first kappa shape index (κ1) is 23.5. The number of imide groups is 1. The molecule has 2 saturated heterocycles. The predicted octanol–water partition coefficient (Wildman–Crippen LogP) is 2.24. The molecule has 9 heteroatoms. The van der Waals surface area contributed by atoms with Gasteiger partial charge in [-0.3, -0.25) is 14.5 Å². The van der Waals surface area contributed by atoms with Crippen molar-refractivity contribution in [2.45, 2.75) is 19.4 Å². The van der Waals surface area contributed by atoms with Crippen LogP contribution in [0.4, 0.5) is 10.7 Å². The molecule has 1 aromatic heterocycles. The van der Waals surface area contributed by atoms with Crippen molar-refractivity contribution >= 4 is 23.8 Å². The Morgan fingerprint density at radius 2 is 1.58 bits per heavy atom. The van der Waals surface area contributed by atoms with Crippen molar-refractivity contribution in [2.75, 3.05) is 37.6 Å². The molecule has 2 fully saturated rings. The van der Waals surface area contributed by atoms with Crippen LogP contribution in [-0.4, -0.2) is 70.3 Å². The number of aromatic nitrogens is 2. The molecule has 4 amide bonds. The van der Waals surface area contributed by atoms with Gasteiger partial charge in [0.25, 0.3) is 5.91 Å². The molecule has 1 atom stereocenters. The number of piperazine rings is 1. The maximum absolute atomic E-state index is 13.9. The molecule has 3 heterocycles. The fourth-order valence-corrected chi connectivity index (χ4v) is 4.79. The van der Waals surface area contributed by atoms with E-state index in [1.807, 2.05) is 67.3 Å². The number of rotatable bonds is 5. The zero-order valence-electron chi connectivity index (χ0n) is 20.3. The van der Waals surface area contributed by atoms with Gasteiger partial charge >= 0.3 is 6.03 Å². The maximum atomic E-state index is 13.9. The lowest BCUT2D eigenvalue weighted by molar-refractivity contribution is -0.138. The van der Waals surface area contributed by atoms with Gasteiger partial charge in [0.2, 0.25) is 11.9 Å². The first-order valence-electron chi connectivity index (χ1n) is 12.0. The van der Waals surface area contributed by atoms with Crippen LogP contribution in [0.1, 0.15) is 22.3 Å². The third kappa shape index (κ3) is 4.06. The van der Waals surface area contributed by atoms with Gasteiger partial charge in [-0.2, -0.15) is 0 Å². The van der Waals surface area contributed by atoms with Gasteiger partial charge in [-0.05, 0) is 42.2 Å². The average molecular weight is 485 g/mol. The predicted molar refractivity (Wildman–Crippen MR) is 134 cm³/mol. The lowest BCUT2D eigenvalue weighted by Gasteiger charge is -2.35. The van der Waals surface area contributed by atoms with Gasteiger partial charge in [0.1, 0.15) is 6.54 Å². The summed E-state index contributed by atoms with van der Waals surface area (Å²) in [5.41, 5.74) is 2.03. The van der Waals surface area contributed by atoms with Crippen LogP contribution in [0.3, 0.4) is 0 Å². The number of hydrogen-bond donors (Lipinski definition) is 1. The molecule has 0 unspecified atom stereocenters. The van der Waals surface area contributed by atoms with E-state index in [-0.39, 0.29) is 12.5 Å². The largest absolute Gasteiger partial charge is 0.338 e. The minimum atomic E-state index is -1.39. The van der Waals surface area contributed by atoms with E-state index in [0.29, 0.717) is 43.3 Å². The van der Waals surface area contributed by atoms with Crippen LogP contribution in [0.2, 0.25) is 0 Å². The van der Waals surface area contributed by atoms with Gasteiger partial charge in [-0.15, -0.1) is 0 Å². The molecule has 1 N–H and O–H groups in total. The molecule has 2 aliphatic rings. The highest BCUT2D eigenvalue weighted by molar-refractivity contribution is 6.11. The Morgan fingerprint density at radius 1 is 0.889 bits per heavy atom. The number of hydrogen-bond acceptors (Lipinski definition) is 6. The summed E-state index contributed by atoms with van der Waals surface area (Å²) in [6.45, 7) is 5.73. The summed E-state index contributed by atoms with van der Waals surface area (Å²) >= 11 is 0. The van der Waals surface area contributed by atoms with E-state index in [9.17, 15) is 14.4 Å². The highest BCUT2D eigenvalue weighted by atomic mass is 16.2. The fraction of sp³-hybridized carbons (Fsp3) is 0.296. The van der Waals surface area contributed by atoms with Crippen LogP contribution in [-0.2, 0) is 15.1 Å². The van der Waals surface area contributed by atoms with Crippen molar-refractivity contribution in [1.29, 1.82) is 0 Å². The minimum absolute atomic E-state index is 0.268. The monoisotopic (exact) mass is 484 g/mol. The normalized spacial score (nSPS) is 20.0. The number of nitrogens with one attached hydrogen (secondary N) is 1. The van der Waals surface area contributed by atoms with Crippen molar-refractivity contribution in [3.8, 4) is 0 Å². The number of anilines is 1. The van der Waals surface area contributed by atoms with Gasteiger partial charge in [0.05, 0.1) is 0 Å². The number of amides is 4. The molecule has 0 saturated carbocycles. The molecule has 5 rings (SSSR count). The van der Waals surface area contributed by atoms with Crippen molar-refractivity contribution in [3.63, 3.8) is 0 Å².